The predicted octanol–water partition coefficient (Wildman–Crippen LogP) is 0.418. The van der Waals surface area contributed by atoms with E-state index in [-0.39, 0.29) is 0 Å². The molecule has 62 valence electrons. The van der Waals surface area contributed by atoms with Gasteiger partial charge in [0.05, 0.1) is 12.9 Å². The quantitative estimate of drug-likeness (QED) is 0.519. The Labute approximate surface area is 60.5 Å². The van der Waals surface area contributed by atoms with Crippen molar-refractivity contribution in [3.05, 3.63) is 0 Å². The summed E-state index contributed by atoms with van der Waals surface area (Å²) in [6.45, 7) is -0.396. The van der Waals surface area contributed by atoms with Crippen molar-refractivity contribution in [3.63, 3.8) is 0 Å². The summed E-state index contributed by atoms with van der Waals surface area (Å²) in [5.74, 6) is 0. The standard InChI is InChI=1S/C5H5F3N2O/c6-5(7,8)4-1-10(3-11)2-9-4/h2-4H,1H2. The van der Waals surface area contributed by atoms with Crippen molar-refractivity contribution in [2.75, 3.05) is 6.54 Å². The van der Waals surface area contributed by atoms with Crippen molar-refractivity contribution in [1.82, 2.24) is 4.90 Å². The van der Waals surface area contributed by atoms with Crippen LogP contribution in [0.1, 0.15) is 0 Å². The van der Waals surface area contributed by atoms with Gasteiger partial charge in [0, 0.05) is 0 Å². The first-order valence-electron chi connectivity index (χ1n) is 2.85. The minimum atomic E-state index is -4.34. The van der Waals surface area contributed by atoms with E-state index < -0.39 is 18.8 Å². The zero-order chi connectivity index (χ0) is 8.48. The topological polar surface area (TPSA) is 32.7 Å². The van der Waals surface area contributed by atoms with Crippen LogP contribution in [-0.2, 0) is 4.79 Å². The molecule has 1 unspecified atom stereocenters. The molecule has 1 amide bonds. The van der Waals surface area contributed by atoms with Gasteiger partial charge >= 0.3 is 6.18 Å². The Hall–Kier alpha value is -1.07. The monoisotopic (exact) mass is 166 g/mol. The maximum Gasteiger partial charge on any atom is 0.412 e. The lowest BCUT2D eigenvalue weighted by Gasteiger charge is -2.12. The number of nitrogens with zero attached hydrogens (tertiary/aromatic N) is 2. The molecule has 0 aromatic rings. The molecule has 0 aromatic carbocycles. The molecular weight excluding hydrogens is 161 g/mol. The van der Waals surface area contributed by atoms with Gasteiger partial charge in [-0.3, -0.25) is 9.79 Å². The average molecular weight is 166 g/mol. The number of alkyl halides is 3. The normalized spacial score (nSPS) is 24.3. The summed E-state index contributed by atoms with van der Waals surface area (Å²) in [6.07, 6.45) is -3.13. The maximum absolute atomic E-state index is 11.8. The average Bonchev–Trinajstić information content (AvgIpc) is 2.32. The highest BCUT2D eigenvalue weighted by atomic mass is 19.4. The van der Waals surface area contributed by atoms with Gasteiger partial charge in [-0.25, -0.2) is 0 Å². The molecule has 1 aliphatic rings. The summed E-state index contributed by atoms with van der Waals surface area (Å²) < 4.78 is 35.4. The van der Waals surface area contributed by atoms with Crippen LogP contribution in [0.5, 0.6) is 0 Å². The molecule has 0 spiro atoms. The highest BCUT2D eigenvalue weighted by Gasteiger charge is 2.42. The molecule has 0 saturated heterocycles. The molecule has 0 aliphatic carbocycles. The fraction of sp³-hybridized carbons (Fsp3) is 0.600. The van der Waals surface area contributed by atoms with Crippen LogP contribution < -0.4 is 0 Å². The summed E-state index contributed by atoms with van der Waals surface area (Å²) in [4.78, 5) is 13.9. The van der Waals surface area contributed by atoms with Gasteiger partial charge in [-0.15, -0.1) is 0 Å². The Bertz CT molecular complexity index is 189. The lowest BCUT2D eigenvalue weighted by molar-refractivity contribution is -0.146. The van der Waals surface area contributed by atoms with Gasteiger partial charge in [0.2, 0.25) is 6.41 Å². The molecule has 0 N–H and O–H groups in total. The SMILES string of the molecule is O=CN1C=NC(C(F)(F)F)C1. The number of carbonyl (C=O) groups excluding carboxylic acids is 1. The Balaban J connectivity index is 2.56. The van der Waals surface area contributed by atoms with Crippen LogP contribution in [-0.4, -0.2) is 36.4 Å². The van der Waals surface area contributed by atoms with E-state index in [4.69, 9.17) is 0 Å². The van der Waals surface area contributed by atoms with E-state index in [2.05, 4.69) is 4.99 Å². The van der Waals surface area contributed by atoms with E-state index in [0.29, 0.717) is 6.41 Å². The molecule has 1 heterocycles. The van der Waals surface area contributed by atoms with Gasteiger partial charge in [0.25, 0.3) is 0 Å². The van der Waals surface area contributed by atoms with Gasteiger partial charge in [-0.2, -0.15) is 13.2 Å². The summed E-state index contributed by atoms with van der Waals surface area (Å²) >= 11 is 0. The van der Waals surface area contributed by atoms with Crippen LogP contribution in [0.4, 0.5) is 13.2 Å². The molecule has 1 aliphatic heterocycles. The Morgan fingerprint density at radius 1 is 1.64 bits per heavy atom. The van der Waals surface area contributed by atoms with Crippen LogP contribution in [0.25, 0.3) is 0 Å². The number of hydrogen-bond acceptors (Lipinski definition) is 2. The number of amides is 1. The van der Waals surface area contributed by atoms with Crippen molar-refractivity contribution in [3.8, 4) is 0 Å². The van der Waals surface area contributed by atoms with E-state index in [1.807, 2.05) is 0 Å². The molecule has 11 heavy (non-hydrogen) atoms. The zero-order valence-corrected chi connectivity index (χ0v) is 5.38. The smallest absolute Gasteiger partial charge is 0.303 e. The van der Waals surface area contributed by atoms with Gasteiger partial charge in [0.15, 0.2) is 6.04 Å². The molecule has 1 atom stereocenters. The molecule has 0 bridgehead atoms. The first-order valence-corrected chi connectivity index (χ1v) is 2.85. The molecule has 3 nitrogen and oxygen atoms in total. The number of aliphatic imine (C=N–C) groups is 1. The molecule has 1 rings (SSSR count). The number of halogens is 3. The third-order valence-electron chi connectivity index (χ3n) is 1.29. The van der Waals surface area contributed by atoms with Crippen LogP contribution in [0, 0.1) is 0 Å². The van der Waals surface area contributed by atoms with E-state index in [1.54, 1.807) is 0 Å². The van der Waals surface area contributed by atoms with Gasteiger partial charge < -0.3 is 4.90 Å². The summed E-state index contributed by atoms with van der Waals surface area (Å²) in [5.41, 5.74) is 0. The van der Waals surface area contributed by atoms with Crippen molar-refractivity contribution >= 4 is 12.7 Å². The Kier molecular flexibility index (Phi) is 1.84. The second kappa shape index (κ2) is 2.52. The molecule has 0 radical (unpaired) electrons. The van der Waals surface area contributed by atoms with Crippen molar-refractivity contribution in [2.45, 2.75) is 12.2 Å². The molecule has 0 aromatic heterocycles. The van der Waals surface area contributed by atoms with Crippen molar-refractivity contribution in [1.29, 1.82) is 0 Å². The van der Waals surface area contributed by atoms with Gasteiger partial charge in [0.1, 0.15) is 0 Å². The molecule has 0 fully saturated rings. The lowest BCUT2D eigenvalue weighted by Crippen LogP contribution is -2.32. The fourth-order valence-corrected chi connectivity index (χ4v) is 0.718. The minimum absolute atomic E-state index is 0.315. The maximum atomic E-state index is 11.8. The third-order valence-corrected chi connectivity index (χ3v) is 1.29. The molecular formula is C5H5F3N2O. The van der Waals surface area contributed by atoms with E-state index >= 15 is 0 Å². The minimum Gasteiger partial charge on any atom is -0.303 e. The Morgan fingerprint density at radius 2 is 2.27 bits per heavy atom. The fourth-order valence-electron chi connectivity index (χ4n) is 0.718. The summed E-state index contributed by atoms with van der Waals surface area (Å²) in [5, 5.41) is 0. The second-order valence-electron chi connectivity index (χ2n) is 2.12. The Morgan fingerprint density at radius 3 is 2.55 bits per heavy atom. The van der Waals surface area contributed by atoms with Crippen molar-refractivity contribution < 1.29 is 18.0 Å². The number of carbonyl (C=O) groups is 1. The van der Waals surface area contributed by atoms with Crippen LogP contribution in [0.3, 0.4) is 0 Å². The lowest BCUT2D eigenvalue weighted by atomic mass is 10.3. The van der Waals surface area contributed by atoms with Crippen molar-refractivity contribution in [2.24, 2.45) is 4.99 Å². The molecule has 0 saturated carbocycles. The number of hydrogen-bond donors (Lipinski definition) is 0. The highest BCUT2D eigenvalue weighted by Crippen LogP contribution is 2.25. The molecule has 6 heteroatoms. The van der Waals surface area contributed by atoms with E-state index in [9.17, 15) is 18.0 Å². The van der Waals surface area contributed by atoms with E-state index in [1.165, 1.54) is 0 Å². The van der Waals surface area contributed by atoms with E-state index in [0.717, 1.165) is 11.2 Å². The van der Waals surface area contributed by atoms with Crippen LogP contribution >= 0.6 is 0 Å². The first kappa shape index (κ1) is 8.03. The predicted molar refractivity (Wildman–Crippen MR) is 31.1 cm³/mol. The van der Waals surface area contributed by atoms with Crippen LogP contribution in [0.15, 0.2) is 4.99 Å². The van der Waals surface area contributed by atoms with Gasteiger partial charge in [-0.1, -0.05) is 0 Å². The third kappa shape index (κ3) is 1.69. The first-order chi connectivity index (χ1) is 5.04. The highest BCUT2D eigenvalue weighted by molar-refractivity contribution is 5.74. The summed E-state index contributed by atoms with van der Waals surface area (Å²) in [7, 11) is 0. The summed E-state index contributed by atoms with van der Waals surface area (Å²) in [6, 6.07) is -1.74. The van der Waals surface area contributed by atoms with Gasteiger partial charge in [-0.05, 0) is 0 Å². The van der Waals surface area contributed by atoms with Crippen LogP contribution in [0.2, 0.25) is 0 Å². The zero-order valence-electron chi connectivity index (χ0n) is 5.38. The second-order valence-corrected chi connectivity index (χ2v) is 2.12. The number of rotatable bonds is 1. The largest absolute Gasteiger partial charge is 0.412 e.